The molecule has 2 N–H and O–H groups in total. The van der Waals surface area contributed by atoms with Gasteiger partial charge in [0, 0.05) is 35.2 Å². The van der Waals surface area contributed by atoms with E-state index in [9.17, 15) is 14.4 Å². The number of para-hydroxylation sites is 1. The first-order valence-corrected chi connectivity index (χ1v) is 12.1. The molecule has 0 saturated heterocycles. The van der Waals surface area contributed by atoms with Gasteiger partial charge in [-0.3, -0.25) is 9.59 Å². The molecule has 2 aromatic carbocycles. The molecule has 0 unspecified atom stereocenters. The number of hydrogen-bond acceptors (Lipinski definition) is 7. The zero-order chi connectivity index (χ0) is 24.8. The van der Waals surface area contributed by atoms with Crippen LogP contribution in [0.25, 0.3) is 22.2 Å². The van der Waals surface area contributed by atoms with Crippen LogP contribution in [0, 0.1) is 0 Å². The number of amides is 2. The van der Waals surface area contributed by atoms with Crippen LogP contribution in [0.5, 0.6) is 5.75 Å². The molecular weight excluding hydrogens is 490 g/mol. The number of nitrogens with zero attached hydrogens (tertiary/aromatic N) is 1. The number of fused-ring (bicyclic) bond motifs is 1. The second-order valence-corrected chi connectivity index (χ2v) is 8.87. The molecule has 0 aliphatic carbocycles. The van der Waals surface area contributed by atoms with E-state index in [0.29, 0.717) is 45.5 Å². The number of thiazole rings is 1. The van der Waals surface area contributed by atoms with Gasteiger partial charge in [-0.25, -0.2) is 9.78 Å². The molecule has 4 aromatic rings. The van der Waals surface area contributed by atoms with Crippen molar-refractivity contribution >= 4 is 50.9 Å². The molecule has 2 amide bonds. The number of benzene rings is 2. The number of ether oxygens (including phenoxy) is 1. The van der Waals surface area contributed by atoms with Crippen molar-refractivity contribution in [2.24, 2.45) is 0 Å². The van der Waals surface area contributed by atoms with Gasteiger partial charge in [0.15, 0.2) is 16.5 Å². The fourth-order valence-corrected chi connectivity index (χ4v) is 4.40. The van der Waals surface area contributed by atoms with Gasteiger partial charge in [0.2, 0.25) is 11.8 Å². The van der Waals surface area contributed by atoms with Crippen molar-refractivity contribution in [3.8, 4) is 17.0 Å². The number of aromatic nitrogens is 1. The van der Waals surface area contributed by atoms with E-state index in [2.05, 4.69) is 15.6 Å². The maximum absolute atomic E-state index is 12.5. The Kier molecular flexibility index (Phi) is 7.79. The number of carbonyl (C=O) groups is 2. The van der Waals surface area contributed by atoms with E-state index >= 15 is 0 Å². The van der Waals surface area contributed by atoms with Crippen LogP contribution in [0.15, 0.2) is 63.1 Å². The number of methoxy groups -OCH3 is 1. The van der Waals surface area contributed by atoms with Crippen LogP contribution < -0.4 is 21.0 Å². The Balaban J connectivity index is 1.30. The summed E-state index contributed by atoms with van der Waals surface area (Å²) in [5, 5.41) is 8.80. The van der Waals surface area contributed by atoms with E-state index < -0.39 is 5.63 Å². The highest BCUT2D eigenvalue weighted by atomic mass is 35.5. The minimum absolute atomic E-state index is 0.00471. The van der Waals surface area contributed by atoms with Gasteiger partial charge in [0.05, 0.1) is 18.4 Å². The monoisotopic (exact) mass is 511 g/mol. The summed E-state index contributed by atoms with van der Waals surface area (Å²) in [7, 11) is 1.50. The van der Waals surface area contributed by atoms with Crippen molar-refractivity contribution in [3.63, 3.8) is 0 Å². The predicted molar refractivity (Wildman–Crippen MR) is 136 cm³/mol. The van der Waals surface area contributed by atoms with E-state index in [4.69, 9.17) is 20.8 Å². The maximum Gasteiger partial charge on any atom is 0.345 e. The molecule has 0 fully saturated rings. The van der Waals surface area contributed by atoms with Gasteiger partial charge >= 0.3 is 5.63 Å². The van der Waals surface area contributed by atoms with E-state index in [0.717, 1.165) is 5.56 Å². The fourth-order valence-electron chi connectivity index (χ4n) is 3.45. The normalized spacial score (nSPS) is 10.8. The molecule has 10 heteroatoms. The quantitative estimate of drug-likeness (QED) is 0.316. The van der Waals surface area contributed by atoms with Crippen molar-refractivity contribution in [2.45, 2.75) is 19.3 Å². The Morgan fingerprint density at radius 3 is 2.71 bits per heavy atom. The molecule has 0 aliphatic heterocycles. The third-order valence-electron chi connectivity index (χ3n) is 5.22. The van der Waals surface area contributed by atoms with Gasteiger partial charge in [-0.05, 0) is 30.2 Å². The molecule has 0 saturated carbocycles. The number of nitrogens with one attached hydrogen (secondary N) is 2. The smallest absolute Gasteiger partial charge is 0.345 e. The first-order chi connectivity index (χ1) is 16.9. The summed E-state index contributed by atoms with van der Waals surface area (Å²) < 4.78 is 10.7. The lowest BCUT2D eigenvalue weighted by molar-refractivity contribution is -0.124. The fraction of sp³-hybridized carbons (Fsp3) is 0.200. The molecule has 0 atom stereocenters. The highest BCUT2D eigenvalue weighted by Gasteiger charge is 2.15. The van der Waals surface area contributed by atoms with Crippen LogP contribution in [0.2, 0.25) is 5.02 Å². The largest absolute Gasteiger partial charge is 0.493 e. The summed E-state index contributed by atoms with van der Waals surface area (Å²) in [5.74, 6) is -0.107. The van der Waals surface area contributed by atoms with E-state index in [1.807, 2.05) is 18.2 Å². The molecule has 0 aliphatic rings. The Bertz CT molecular complexity index is 1430. The van der Waals surface area contributed by atoms with Crippen molar-refractivity contribution < 1.29 is 18.7 Å². The lowest BCUT2D eigenvalue weighted by atomic mass is 10.1. The van der Waals surface area contributed by atoms with E-state index in [1.165, 1.54) is 18.4 Å². The zero-order valence-electron chi connectivity index (χ0n) is 18.8. The molecule has 4 rings (SSSR count). The minimum atomic E-state index is -0.557. The Hall–Kier alpha value is -3.69. The van der Waals surface area contributed by atoms with Crippen LogP contribution in [0.3, 0.4) is 0 Å². The average Bonchev–Trinajstić information content (AvgIpc) is 3.31. The summed E-state index contributed by atoms with van der Waals surface area (Å²) in [6.45, 7) is 0.431. The molecule has 8 nitrogen and oxygen atoms in total. The number of anilines is 1. The van der Waals surface area contributed by atoms with Gasteiger partial charge in [0.25, 0.3) is 0 Å². The second-order valence-electron chi connectivity index (χ2n) is 7.60. The molecule has 35 heavy (non-hydrogen) atoms. The Labute approximate surface area is 209 Å². The van der Waals surface area contributed by atoms with Crippen LogP contribution in [-0.4, -0.2) is 30.5 Å². The number of hydrogen-bond donors (Lipinski definition) is 2. The van der Waals surface area contributed by atoms with E-state index in [1.54, 1.807) is 35.7 Å². The first kappa shape index (κ1) is 24.4. The van der Waals surface area contributed by atoms with Gasteiger partial charge in [-0.1, -0.05) is 41.9 Å². The minimum Gasteiger partial charge on any atom is -0.493 e. The van der Waals surface area contributed by atoms with E-state index in [-0.39, 0.29) is 30.2 Å². The van der Waals surface area contributed by atoms with Crippen LogP contribution in [0.4, 0.5) is 5.13 Å². The van der Waals surface area contributed by atoms with Crippen LogP contribution >= 0.6 is 22.9 Å². The van der Waals surface area contributed by atoms with Crippen molar-refractivity contribution in [2.75, 3.05) is 19.0 Å². The number of halogens is 1. The summed E-state index contributed by atoms with van der Waals surface area (Å²) >= 11 is 7.29. The summed E-state index contributed by atoms with van der Waals surface area (Å²) in [5.41, 5.74) is 1.42. The lowest BCUT2D eigenvalue weighted by Crippen LogP contribution is -2.26. The van der Waals surface area contributed by atoms with Gasteiger partial charge in [-0.15, -0.1) is 11.3 Å². The molecule has 0 bridgehead atoms. The number of rotatable bonds is 9. The second kappa shape index (κ2) is 11.2. The predicted octanol–water partition coefficient (Wildman–Crippen LogP) is 4.66. The topological polar surface area (TPSA) is 111 Å². The van der Waals surface area contributed by atoms with Crippen molar-refractivity contribution in [3.05, 3.63) is 74.9 Å². The maximum atomic E-state index is 12.5. The Morgan fingerprint density at radius 2 is 1.91 bits per heavy atom. The first-order valence-electron chi connectivity index (χ1n) is 10.8. The highest BCUT2D eigenvalue weighted by molar-refractivity contribution is 7.14. The SMILES string of the molecule is COc1cccc2cc(-c3csc(NC(=O)CCC(=O)NCCc4ccccc4Cl)n3)c(=O)oc12. The number of carbonyl (C=O) groups excluding carboxylic acids is 2. The zero-order valence-corrected chi connectivity index (χ0v) is 20.4. The van der Waals surface area contributed by atoms with Crippen molar-refractivity contribution in [1.82, 2.24) is 10.3 Å². The average molecular weight is 512 g/mol. The van der Waals surface area contributed by atoms with Gasteiger partial charge < -0.3 is 19.8 Å². The summed E-state index contributed by atoms with van der Waals surface area (Å²) in [6.07, 6.45) is 0.655. The third-order valence-corrected chi connectivity index (χ3v) is 6.35. The molecule has 180 valence electrons. The van der Waals surface area contributed by atoms with Crippen LogP contribution in [-0.2, 0) is 16.0 Å². The summed E-state index contributed by atoms with van der Waals surface area (Å²) in [6, 6.07) is 14.4. The van der Waals surface area contributed by atoms with Crippen LogP contribution in [0.1, 0.15) is 18.4 Å². The van der Waals surface area contributed by atoms with Gasteiger partial charge in [0.1, 0.15) is 0 Å². The highest BCUT2D eigenvalue weighted by Crippen LogP contribution is 2.29. The third kappa shape index (κ3) is 6.06. The molecular formula is C25H22ClN3O5S. The molecule has 0 spiro atoms. The standard InChI is InChI=1S/C25H22ClN3O5S/c1-33-20-8-4-6-16-13-17(24(32)34-23(16)20)19-14-35-25(28-19)29-22(31)10-9-21(30)27-12-11-15-5-2-3-7-18(15)26/h2-8,13-14H,9-12H2,1H3,(H,27,30)(H,28,29,31). The molecule has 0 radical (unpaired) electrons. The Morgan fingerprint density at radius 1 is 1.11 bits per heavy atom. The molecule has 2 aromatic heterocycles. The van der Waals surface area contributed by atoms with Crippen molar-refractivity contribution in [1.29, 1.82) is 0 Å². The van der Waals surface area contributed by atoms with Gasteiger partial charge in [-0.2, -0.15) is 0 Å². The summed E-state index contributed by atoms with van der Waals surface area (Å²) in [4.78, 5) is 41.2. The lowest BCUT2D eigenvalue weighted by Gasteiger charge is -2.07. The molecule has 2 heterocycles.